The van der Waals surface area contributed by atoms with Gasteiger partial charge in [-0.3, -0.25) is 9.52 Å². The molecule has 1 atom stereocenters. The van der Waals surface area contributed by atoms with Crippen LogP contribution in [0.5, 0.6) is 0 Å². The van der Waals surface area contributed by atoms with Gasteiger partial charge in [-0.25, -0.2) is 13.4 Å². The Bertz CT molecular complexity index is 1170. The van der Waals surface area contributed by atoms with E-state index in [2.05, 4.69) is 15.0 Å². The summed E-state index contributed by atoms with van der Waals surface area (Å²) < 4.78 is 27.7. The lowest BCUT2D eigenvalue weighted by molar-refractivity contribution is -0.118. The van der Waals surface area contributed by atoms with Crippen LogP contribution in [0.15, 0.2) is 71.8 Å². The Labute approximate surface area is 186 Å². The van der Waals surface area contributed by atoms with E-state index >= 15 is 0 Å². The minimum atomic E-state index is -3.80. The molecular weight excluding hydrogens is 436 g/mol. The van der Waals surface area contributed by atoms with Crippen LogP contribution in [0.1, 0.15) is 13.8 Å². The number of carbonyl (C=O) groups excluding carboxylic acids is 1. The minimum Gasteiger partial charge on any atom is -0.325 e. The molecule has 2 aromatic carbocycles. The van der Waals surface area contributed by atoms with E-state index in [1.165, 1.54) is 12.1 Å². The first-order valence-electron chi connectivity index (χ1n) is 9.57. The second kappa shape index (κ2) is 9.47. The van der Waals surface area contributed by atoms with E-state index in [1.807, 2.05) is 13.8 Å². The number of aromatic nitrogens is 1. The summed E-state index contributed by atoms with van der Waals surface area (Å²) in [7, 11) is -3.80. The molecule has 0 saturated heterocycles. The molecule has 3 aromatic rings. The first-order valence-corrected chi connectivity index (χ1v) is 11.4. The molecule has 1 heterocycles. The monoisotopic (exact) mass is 458 g/mol. The Morgan fingerprint density at radius 3 is 2.29 bits per heavy atom. The minimum absolute atomic E-state index is 0.0255. The van der Waals surface area contributed by atoms with Crippen LogP contribution >= 0.6 is 11.6 Å². The number of pyridine rings is 1. The standard InChI is InChI=1S/C22H23ClN4O3S/c1-14(2)20(24)22(28)26-17-10-8-15(9-11-17)16-12-19(21(23)25-13-16)27-31(29,30)18-6-4-3-5-7-18/h3-14,20,27H,24H2,1-2H3,(H,26,28)/t20-/m0/s1. The number of nitrogens with two attached hydrogens (primary N) is 1. The van der Waals surface area contributed by atoms with Crippen LogP contribution in [0.4, 0.5) is 11.4 Å². The lowest BCUT2D eigenvalue weighted by Crippen LogP contribution is -2.39. The van der Waals surface area contributed by atoms with Gasteiger partial charge in [0.15, 0.2) is 5.15 Å². The summed E-state index contributed by atoms with van der Waals surface area (Å²) in [6, 6.07) is 16.1. The highest BCUT2D eigenvalue weighted by Gasteiger charge is 2.18. The molecule has 0 radical (unpaired) electrons. The van der Waals surface area contributed by atoms with Gasteiger partial charge in [0.25, 0.3) is 10.0 Å². The number of nitrogens with zero attached hydrogens (tertiary/aromatic N) is 1. The van der Waals surface area contributed by atoms with E-state index in [9.17, 15) is 13.2 Å². The zero-order valence-electron chi connectivity index (χ0n) is 17.0. The highest BCUT2D eigenvalue weighted by atomic mass is 35.5. The second-order valence-corrected chi connectivity index (χ2v) is 9.36. The van der Waals surface area contributed by atoms with Crippen molar-refractivity contribution >= 4 is 38.9 Å². The van der Waals surface area contributed by atoms with Crippen molar-refractivity contribution in [1.82, 2.24) is 4.98 Å². The number of benzene rings is 2. The highest BCUT2D eigenvalue weighted by Crippen LogP contribution is 2.29. The fourth-order valence-electron chi connectivity index (χ4n) is 2.76. The fourth-order valence-corrected chi connectivity index (χ4v) is 4.04. The van der Waals surface area contributed by atoms with Crippen molar-refractivity contribution in [3.05, 3.63) is 72.0 Å². The first-order chi connectivity index (χ1) is 14.7. The summed E-state index contributed by atoms with van der Waals surface area (Å²) >= 11 is 6.12. The Balaban J connectivity index is 1.81. The van der Waals surface area contributed by atoms with Crippen molar-refractivity contribution in [1.29, 1.82) is 0 Å². The molecule has 3 rings (SSSR count). The van der Waals surface area contributed by atoms with Gasteiger partial charge in [-0.15, -0.1) is 0 Å². The third kappa shape index (κ3) is 5.61. The molecule has 1 aromatic heterocycles. The van der Waals surface area contributed by atoms with E-state index in [1.54, 1.807) is 54.7 Å². The van der Waals surface area contributed by atoms with Gasteiger partial charge in [0.1, 0.15) is 0 Å². The average molecular weight is 459 g/mol. The molecule has 0 aliphatic carbocycles. The maximum Gasteiger partial charge on any atom is 0.261 e. The number of halogens is 1. The highest BCUT2D eigenvalue weighted by molar-refractivity contribution is 7.92. The molecule has 0 fully saturated rings. The summed E-state index contributed by atoms with van der Waals surface area (Å²) in [5.41, 5.74) is 8.07. The predicted octanol–water partition coefficient (Wildman–Crippen LogP) is 4.12. The van der Waals surface area contributed by atoms with Crippen LogP contribution < -0.4 is 15.8 Å². The number of anilines is 2. The second-order valence-electron chi connectivity index (χ2n) is 7.32. The van der Waals surface area contributed by atoms with Crippen LogP contribution in [0.25, 0.3) is 11.1 Å². The molecule has 4 N–H and O–H groups in total. The summed E-state index contributed by atoms with van der Waals surface area (Å²) in [5.74, 6) is -0.231. The molecule has 9 heteroatoms. The van der Waals surface area contributed by atoms with Gasteiger partial charge in [-0.1, -0.05) is 55.8 Å². The van der Waals surface area contributed by atoms with Gasteiger partial charge in [-0.05, 0) is 41.8 Å². The van der Waals surface area contributed by atoms with Gasteiger partial charge < -0.3 is 11.1 Å². The summed E-state index contributed by atoms with van der Waals surface area (Å²) in [5, 5.41) is 2.82. The van der Waals surface area contributed by atoms with Crippen LogP contribution in [-0.2, 0) is 14.8 Å². The smallest absolute Gasteiger partial charge is 0.261 e. The van der Waals surface area contributed by atoms with Gasteiger partial charge in [0.2, 0.25) is 5.91 Å². The predicted molar refractivity (Wildman–Crippen MR) is 123 cm³/mol. The zero-order valence-corrected chi connectivity index (χ0v) is 18.6. The van der Waals surface area contributed by atoms with E-state index in [0.717, 1.165) is 5.56 Å². The van der Waals surface area contributed by atoms with Gasteiger partial charge in [-0.2, -0.15) is 0 Å². The van der Waals surface area contributed by atoms with Gasteiger partial charge in [0, 0.05) is 17.4 Å². The molecule has 162 valence electrons. The molecule has 0 bridgehead atoms. The zero-order chi connectivity index (χ0) is 22.6. The molecule has 0 unspecified atom stereocenters. The quantitative estimate of drug-likeness (QED) is 0.460. The van der Waals surface area contributed by atoms with Crippen LogP contribution in [0.2, 0.25) is 5.15 Å². The van der Waals surface area contributed by atoms with E-state index in [0.29, 0.717) is 11.3 Å². The molecule has 0 spiro atoms. The largest absolute Gasteiger partial charge is 0.325 e. The third-order valence-corrected chi connectivity index (χ3v) is 6.33. The SMILES string of the molecule is CC(C)[C@H](N)C(=O)Nc1ccc(-c2cnc(Cl)c(NS(=O)(=O)c3ccccc3)c2)cc1. The van der Waals surface area contributed by atoms with Crippen molar-refractivity contribution in [3.63, 3.8) is 0 Å². The summed E-state index contributed by atoms with van der Waals surface area (Å²) in [4.78, 5) is 16.3. The van der Waals surface area contributed by atoms with Crippen molar-refractivity contribution in [2.75, 3.05) is 10.0 Å². The van der Waals surface area contributed by atoms with Crippen LogP contribution in [0, 0.1) is 5.92 Å². The molecule has 0 aliphatic heterocycles. The fraction of sp³-hybridized carbons (Fsp3) is 0.182. The normalized spacial score (nSPS) is 12.4. The van der Waals surface area contributed by atoms with Crippen molar-refractivity contribution in [2.24, 2.45) is 11.7 Å². The summed E-state index contributed by atoms with van der Waals surface area (Å²) in [6.07, 6.45) is 1.55. The molecule has 1 amide bonds. The lowest BCUT2D eigenvalue weighted by atomic mass is 10.0. The molecule has 7 nitrogen and oxygen atoms in total. The molecular formula is C22H23ClN4O3S. The molecule has 0 aliphatic rings. The topological polar surface area (TPSA) is 114 Å². The molecule has 31 heavy (non-hydrogen) atoms. The maximum atomic E-state index is 12.6. The van der Waals surface area contributed by atoms with Crippen molar-refractivity contribution in [3.8, 4) is 11.1 Å². The Morgan fingerprint density at radius 2 is 1.68 bits per heavy atom. The number of hydrogen-bond acceptors (Lipinski definition) is 5. The Morgan fingerprint density at radius 1 is 1.03 bits per heavy atom. The van der Waals surface area contributed by atoms with Gasteiger partial charge >= 0.3 is 0 Å². The number of nitrogens with one attached hydrogen (secondary N) is 2. The number of amides is 1. The van der Waals surface area contributed by atoms with E-state index in [-0.39, 0.29) is 27.6 Å². The Hall–Kier alpha value is -2.94. The third-order valence-electron chi connectivity index (χ3n) is 4.64. The van der Waals surface area contributed by atoms with Gasteiger partial charge in [0.05, 0.1) is 16.6 Å². The molecule has 0 saturated carbocycles. The number of sulfonamides is 1. The number of carbonyl (C=O) groups is 1. The average Bonchev–Trinajstić information content (AvgIpc) is 2.75. The first kappa shape index (κ1) is 22.7. The van der Waals surface area contributed by atoms with E-state index < -0.39 is 16.1 Å². The Kier molecular flexibility index (Phi) is 6.94. The lowest BCUT2D eigenvalue weighted by Gasteiger charge is -2.15. The van der Waals surface area contributed by atoms with Crippen molar-refractivity contribution < 1.29 is 13.2 Å². The van der Waals surface area contributed by atoms with E-state index in [4.69, 9.17) is 17.3 Å². The number of rotatable bonds is 7. The van der Waals surface area contributed by atoms with Crippen LogP contribution in [0.3, 0.4) is 0 Å². The van der Waals surface area contributed by atoms with Crippen LogP contribution in [-0.4, -0.2) is 25.4 Å². The maximum absolute atomic E-state index is 12.6. The summed E-state index contributed by atoms with van der Waals surface area (Å²) in [6.45, 7) is 3.76. The van der Waals surface area contributed by atoms with Crippen molar-refractivity contribution in [2.45, 2.75) is 24.8 Å². The number of hydrogen-bond donors (Lipinski definition) is 3.